The van der Waals surface area contributed by atoms with E-state index < -0.39 is 11.2 Å². The van der Waals surface area contributed by atoms with Gasteiger partial charge in [0.25, 0.3) is 0 Å². The third kappa shape index (κ3) is 3.74. The van der Waals surface area contributed by atoms with Crippen molar-refractivity contribution in [3.8, 4) is 5.75 Å². The number of hydrogen-bond acceptors (Lipinski definition) is 6. The van der Waals surface area contributed by atoms with E-state index in [1.807, 2.05) is 53.9 Å². The van der Waals surface area contributed by atoms with Crippen LogP contribution in [-0.4, -0.2) is 46.6 Å². The standard InChI is InChI=1S/C28H23ClN2O4S/c29-20-8-10-24-22(17-20)26(33)28(18-23(30-35-28)19-5-2-1-3-6-19)27(34-24)12-14-31(15-13-27)25(32)11-9-21-7-4-16-36-21/h1-11,16-17H,12-15,18H2/b11-9+. The molecule has 1 saturated heterocycles. The molecule has 3 aliphatic heterocycles. The topological polar surface area (TPSA) is 68.2 Å². The van der Waals surface area contributed by atoms with Gasteiger partial charge in [-0.05, 0) is 41.3 Å². The van der Waals surface area contributed by atoms with Gasteiger partial charge in [0.2, 0.25) is 17.3 Å². The Morgan fingerprint density at radius 1 is 1.08 bits per heavy atom. The van der Waals surface area contributed by atoms with Crippen LogP contribution in [-0.2, 0) is 9.63 Å². The molecule has 1 aromatic heterocycles. The Bertz CT molecular complexity index is 1380. The SMILES string of the molecule is O=C(/C=C/c1cccs1)N1CCC2(CC1)Oc1ccc(Cl)cc1C(=O)C21CC(c2ccccc2)=NO1. The van der Waals surface area contributed by atoms with Crippen molar-refractivity contribution in [3.63, 3.8) is 0 Å². The van der Waals surface area contributed by atoms with Crippen molar-refractivity contribution in [3.05, 3.63) is 93.1 Å². The number of rotatable bonds is 3. The second kappa shape index (κ2) is 8.91. The van der Waals surface area contributed by atoms with Crippen LogP contribution in [0, 0.1) is 0 Å². The van der Waals surface area contributed by atoms with Gasteiger partial charge < -0.3 is 14.5 Å². The molecule has 0 N–H and O–H groups in total. The van der Waals surface area contributed by atoms with Gasteiger partial charge in [-0.1, -0.05) is 53.2 Å². The number of ketones is 1. The van der Waals surface area contributed by atoms with Crippen LogP contribution in [0.25, 0.3) is 6.08 Å². The first-order valence-corrected chi connectivity index (χ1v) is 13.1. The summed E-state index contributed by atoms with van der Waals surface area (Å²) in [5, 5.41) is 6.81. The first-order chi connectivity index (χ1) is 17.5. The van der Waals surface area contributed by atoms with Gasteiger partial charge in [0.05, 0.1) is 11.3 Å². The summed E-state index contributed by atoms with van der Waals surface area (Å²) >= 11 is 7.81. The summed E-state index contributed by atoms with van der Waals surface area (Å²) in [5.41, 5.74) is -0.276. The number of hydrogen-bond donors (Lipinski definition) is 0. The van der Waals surface area contributed by atoms with E-state index in [1.165, 1.54) is 0 Å². The van der Waals surface area contributed by atoms with Crippen molar-refractivity contribution in [2.24, 2.45) is 5.16 Å². The number of carbonyl (C=O) groups excluding carboxylic acids is 2. The number of thiophene rings is 1. The van der Waals surface area contributed by atoms with Crippen LogP contribution in [0.5, 0.6) is 5.75 Å². The quantitative estimate of drug-likeness (QED) is 0.422. The van der Waals surface area contributed by atoms with Gasteiger partial charge in [-0.3, -0.25) is 9.59 Å². The van der Waals surface area contributed by atoms with Crippen molar-refractivity contribution in [1.82, 2.24) is 4.90 Å². The van der Waals surface area contributed by atoms with Crippen LogP contribution >= 0.6 is 22.9 Å². The first kappa shape index (κ1) is 23.0. The average Bonchev–Trinajstić information content (AvgIpc) is 3.60. The molecule has 6 rings (SSSR count). The summed E-state index contributed by atoms with van der Waals surface area (Å²) < 4.78 is 6.62. The smallest absolute Gasteiger partial charge is 0.246 e. The molecule has 4 heterocycles. The first-order valence-electron chi connectivity index (χ1n) is 11.8. The van der Waals surface area contributed by atoms with Gasteiger partial charge in [-0.15, -0.1) is 11.3 Å². The van der Waals surface area contributed by atoms with E-state index in [0.29, 0.717) is 48.0 Å². The monoisotopic (exact) mass is 518 g/mol. The highest BCUT2D eigenvalue weighted by Gasteiger charge is 2.67. The van der Waals surface area contributed by atoms with Crippen molar-refractivity contribution in [2.75, 3.05) is 13.1 Å². The molecule has 1 unspecified atom stereocenters. The van der Waals surface area contributed by atoms with Crippen molar-refractivity contribution in [1.29, 1.82) is 0 Å². The minimum atomic E-state index is -1.32. The lowest BCUT2D eigenvalue weighted by atomic mass is 9.67. The molecule has 0 aliphatic carbocycles. The molecule has 1 amide bonds. The Balaban J connectivity index is 1.30. The fraction of sp³-hybridized carbons (Fsp3) is 0.250. The fourth-order valence-electron chi connectivity index (χ4n) is 5.31. The van der Waals surface area contributed by atoms with E-state index >= 15 is 0 Å². The van der Waals surface area contributed by atoms with Crippen LogP contribution in [0.4, 0.5) is 0 Å². The fourth-order valence-corrected chi connectivity index (χ4v) is 6.10. The predicted octanol–water partition coefficient (Wildman–Crippen LogP) is 5.61. The van der Waals surface area contributed by atoms with E-state index in [9.17, 15) is 9.59 Å². The number of Topliss-reactive ketones (excluding diaryl/α,β-unsaturated/α-hetero) is 1. The van der Waals surface area contributed by atoms with Crippen molar-refractivity contribution < 1.29 is 19.2 Å². The molecule has 2 spiro atoms. The highest BCUT2D eigenvalue weighted by Crippen LogP contribution is 2.51. The number of benzene rings is 2. The molecule has 1 fully saturated rings. The highest BCUT2D eigenvalue weighted by molar-refractivity contribution is 7.10. The molecule has 0 radical (unpaired) electrons. The van der Waals surface area contributed by atoms with Crippen LogP contribution in [0.3, 0.4) is 0 Å². The number of nitrogens with zero attached hydrogens (tertiary/aromatic N) is 2. The summed E-state index contributed by atoms with van der Waals surface area (Å²) in [5.74, 6) is 0.248. The van der Waals surface area contributed by atoms with E-state index in [2.05, 4.69) is 5.16 Å². The second-order valence-electron chi connectivity index (χ2n) is 9.24. The molecule has 182 valence electrons. The number of fused-ring (bicyclic) bond motifs is 2. The van der Waals surface area contributed by atoms with Gasteiger partial charge in [0.15, 0.2) is 5.60 Å². The van der Waals surface area contributed by atoms with Crippen LogP contribution < -0.4 is 4.74 Å². The normalized spacial score (nSPS) is 22.4. The number of oxime groups is 1. The van der Waals surface area contributed by atoms with Crippen molar-refractivity contribution >= 4 is 46.4 Å². The van der Waals surface area contributed by atoms with Gasteiger partial charge in [0, 0.05) is 48.3 Å². The maximum atomic E-state index is 14.1. The predicted molar refractivity (Wildman–Crippen MR) is 140 cm³/mol. The lowest BCUT2D eigenvalue weighted by Gasteiger charge is -2.51. The lowest BCUT2D eigenvalue weighted by molar-refractivity contribution is -0.161. The number of likely N-dealkylation sites (tertiary alicyclic amines) is 1. The summed E-state index contributed by atoms with van der Waals surface area (Å²) in [6.45, 7) is 0.880. The minimum Gasteiger partial charge on any atom is -0.482 e. The summed E-state index contributed by atoms with van der Waals surface area (Å²) in [6, 6.07) is 18.7. The van der Waals surface area contributed by atoms with Gasteiger partial charge in [0.1, 0.15) is 5.75 Å². The molecule has 0 saturated carbocycles. The molecule has 36 heavy (non-hydrogen) atoms. The number of halogens is 1. The van der Waals surface area contributed by atoms with Crippen LogP contribution in [0.15, 0.2) is 77.3 Å². The average molecular weight is 519 g/mol. The highest BCUT2D eigenvalue weighted by atomic mass is 35.5. The number of ether oxygens (including phenoxy) is 1. The Hall–Kier alpha value is -3.42. The zero-order valence-electron chi connectivity index (χ0n) is 19.4. The third-order valence-electron chi connectivity index (χ3n) is 7.25. The summed E-state index contributed by atoms with van der Waals surface area (Å²) in [7, 11) is 0. The molecule has 3 aromatic rings. The molecular weight excluding hydrogens is 496 g/mol. The second-order valence-corrected chi connectivity index (χ2v) is 10.7. The minimum absolute atomic E-state index is 0.0600. The van der Waals surface area contributed by atoms with E-state index in [1.54, 1.807) is 40.5 Å². The maximum Gasteiger partial charge on any atom is 0.246 e. The van der Waals surface area contributed by atoms with Gasteiger partial charge in [-0.2, -0.15) is 0 Å². The Morgan fingerprint density at radius 3 is 2.64 bits per heavy atom. The Morgan fingerprint density at radius 2 is 1.89 bits per heavy atom. The lowest BCUT2D eigenvalue weighted by Crippen LogP contribution is -2.68. The maximum absolute atomic E-state index is 14.1. The molecule has 8 heteroatoms. The molecule has 6 nitrogen and oxygen atoms in total. The number of piperidine rings is 1. The van der Waals surface area contributed by atoms with Gasteiger partial charge >= 0.3 is 0 Å². The Labute approximate surface area is 217 Å². The van der Waals surface area contributed by atoms with E-state index in [-0.39, 0.29) is 18.1 Å². The number of carbonyl (C=O) groups is 2. The summed E-state index contributed by atoms with van der Waals surface area (Å²) in [6.07, 6.45) is 4.61. The molecule has 1 atom stereocenters. The van der Waals surface area contributed by atoms with E-state index in [0.717, 1.165) is 10.4 Å². The van der Waals surface area contributed by atoms with Gasteiger partial charge in [-0.25, -0.2) is 0 Å². The molecule has 3 aliphatic rings. The molecule has 0 bridgehead atoms. The zero-order chi connectivity index (χ0) is 24.8. The number of amides is 1. The van der Waals surface area contributed by atoms with Crippen LogP contribution in [0.1, 0.15) is 40.1 Å². The molecular formula is C28H23ClN2O4S. The van der Waals surface area contributed by atoms with E-state index in [4.69, 9.17) is 21.2 Å². The third-order valence-corrected chi connectivity index (χ3v) is 8.32. The Kier molecular flexibility index (Phi) is 5.69. The van der Waals surface area contributed by atoms with Crippen molar-refractivity contribution in [2.45, 2.75) is 30.5 Å². The zero-order valence-corrected chi connectivity index (χ0v) is 20.9. The largest absolute Gasteiger partial charge is 0.482 e. The molecule has 2 aromatic carbocycles. The summed E-state index contributed by atoms with van der Waals surface area (Å²) in [4.78, 5) is 35.9. The van der Waals surface area contributed by atoms with Crippen LogP contribution in [0.2, 0.25) is 5.02 Å².